The molecule has 0 aromatic carbocycles. The summed E-state index contributed by atoms with van der Waals surface area (Å²) in [6.45, 7) is 1.50. The number of fused-ring (bicyclic) bond motifs is 1. The third kappa shape index (κ3) is 5.62. The van der Waals surface area contributed by atoms with Crippen LogP contribution in [0.1, 0.15) is 84.5 Å². The predicted molar refractivity (Wildman–Crippen MR) is 134 cm³/mol. The van der Waals surface area contributed by atoms with Crippen molar-refractivity contribution in [3.05, 3.63) is 41.1 Å². The molecule has 0 bridgehead atoms. The molecule has 2 N–H and O–H groups in total. The normalized spacial score (nSPS) is 23.0. The Balaban J connectivity index is 1.28. The van der Waals surface area contributed by atoms with E-state index in [1.54, 1.807) is 25.4 Å². The standard InChI is InChI=1S/C26H29F5N8O3/c1-13-20(37-42-36-13)23(40)35-21(14-4-7-25(27,28)8-5-14)17-12-39-19(33-17)10-16(11-32-39)22(15-2-3-15)38-9-6-18(26(29,30)31)34-24(38)41/h10-12,14-15,18,21-22H,2-9H2,1H3,(H,34,41)(H,35,40)/t18-,21-,22+/m0/s1. The van der Waals surface area contributed by atoms with E-state index in [0.717, 1.165) is 12.8 Å². The van der Waals surface area contributed by atoms with Crippen LogP contribution in [0.15, 0.2) is 23.1 Å². The Kier molecular flexibility index (Phi) is 7.04. The molecule has 0 radical (unpaired) electrons. The maximum absolute atomic E-state index is 14.0. The zero-order valence-electron chi connectivity index (χ0n) is 22.6. The monoisotopic (exact) mass is 596 g/mol. The van der Waals surface area contributed by atoms with Crippen LogP contribution < -0.4 is 10.6 Å². The first-order valence-electron chi connectivity index (χ1n) is 13.9. The van der Waals surface area contributed by atoms with Crippen molar-refractivity contribution >= 4 is 17.6 Å². The minimum atomic E-state index is -4.52. The van der Waals surface area contributed by atoms with E-state index in [1.807, 2.05) is 0 Å². The topological polar surface area (TPSA) is 131 Å². The van der Waals surface area contributed by atoms with Crippen LogP contribution in [0.2, 0.25) is 0 Å². The van der Waals surface area contributed by atoms with Crippen LogP contribution in [0.25, 0.3) is 5.65 Å². The molecule has 3 aliphatic rings. The van der Waals surface area contributed by atoms with E-state index < -0.39 is 42.2 Å². The lowest BCUT2D eigenvalue weighted by molar-refractivity contribution is -0.159. The lowest BCUT2D eigenvalue weighted by atomic mass is 9.81. The van der Waals surface area contributed by atoms with Crippen molar-refractivity contribution in [2.75, 3.05) is 6.54 Å². The molecule has 3 atom stereocenters. The molecule has 1 aliphatic heterocycles. The predicted octanol–water partition coefficient (Wildman–Crippen LogP) is 4.51. The molecular weight excluding hydrogens is 567 g/mol. The zero-order chi connectivity index (χ0) is 29.8. The van der Waals surface area contributed by atoms with Gasteiger partial charge in [-0.15, -0.1) is 0 Å². The number of imidazole rings is 1. The third-order valence-electron chi connectivity index (χ3n) is 8.42. The Bertz CT molecular complexity index is 1480. The van der Waals surface area contributed by atoms with Gasteiger partial charge in [-0.1, -0.05) is 5.16 Å². The fourth-order valence-corrected chi connectivity index (χ4v) is 6.00. The first kappa shape index (κ1) is 28.3. The molecule has 1 saturated heterocycles. The number of urea groups is 1. The third-order valence-corrected chi connectivity index (χ3v) is 8.42. The first-order valence-corrected chi connectivity index (χ1v) is 13.9. The van der Waals surface area contributed by atoms with E-state index in [4.69, 9.17) is 0 Å². The fraction of sp³-hybridized carbons (Fsp3) is 0.615. The van der Waals surface area contributed by atoms with Crippen LogP contribution in [0.5, 0.6) is 0 Å². The van der Waals surface area contributed by atoms with Gasteiger partial charge in [-0.2, -0.15) is 18.3 Å². The maximum atomic E-state index is 14.0. The molecule has 3 amide bonds. The van der Waals surface area contributed by atoms with Crippen LogP contribution in [-0.4, -0.2) is 66.4 Å². The van der Waals surface area contributed by atoms with Crippen LogP contribution >= 0.6 is 0 Å². The Hall–Kier alpha value is -3.85. The Morgan fingerprint density at radius 2 is 1.88 bits per heavy atom. The lowest BCUT2D eigenvalue weighted by Crippen LogP contribution is -2.57. The number of aromatic nitrogens is 5. The van der Waals surface area contributed by atoms with Crippen LogP contribution in [0, 0.1) is 18.8 Å². The number of aryl methyl sites for hydroxylation is 1. The molecule has 226 valence electrons. The summed E-state index contributed by atoms with van der Waals surface area (Å²) in [5, 5.41) is 16.7. The van der Waals surface area contributed by atoms with E-state index >= 15 is 0 Å². The largest absolute Gasteiger partial charge is 0.408 e. The summed E-state index contributed by atoms with van der Waals surface area (Å²) in [5.74, 6) is -3.61. The van der Waals surface area contributed by atoms with E-state index in [0.29, 0.717) is 16.9 Å². The highest BCUT2D eigenvalue weighted by molar-refractivity contribution is 5.93. The molecule has 2 saturated carbocycles. The van der Waals surface area contributed by atoms with E-state index in [-0.39, 0.29) is 61.9 Å². The second-order valence-corrected chi connectivity index (χ2v) is 11.4. The van der Waals surface area contributed by atoms with Gasteiger partial charge in [0, 0.05) is 19.4 Å². The van der Waals surface area contributed by atoms with Crippen molar-refractivity contribution in [3.8, 4) is 0 Å². The van der Waals surface area contributed by atoms with Crippen molar-refractivity contribution in [1.29, 1.82) is 0 Å². The highest BCUT2D eigenvalue weighted by Gasteiger charge is 2.47. The number of rotatable bonds is 7. The quantitative estimate of drug-likeness (QED) is 0.384. The summed E-state index contributed by atoms with van der Waals surface area (Å²) in [6, 6.07) is -2.15. The summed E-state index contributed by atoms with van der Waals surface area (Å²) in [6.07, 6.45) is -0.294. The molecule has 6 rings (SSSR count). The van der Waals surface area contributed by atoms with Crippen LogP contribution in [-0.2, 0) is 0 Å². The van der Waals surface area contributed by atoms with Gasteiger partial charge in [-0.05, 0) is 67.7 Å². The van der Waals surface area contributed by atoms with Gasteiger partial charge in [-0.25, -0.2) is 27.7 Å². The molecule has 0 unspecified atom stereocenters. The number of halogens is 5. The van der Waals surface area contributed by atoms with Crippen molar-refractivity contribution in [1.82, 2.24) is 40.4 Å². The summed E-state index contributed by atoms with van der Waals surface area (Å²) >= 11 is 0. The number of carbonyl (C=O) groups is 2. The number of hydrogen-bond donors (Lipinski definition) is 2. The van der Waals surface area contributed by atoms with Crippen molar-refractivity contribution < 1.29 is 36.2 Å². The molecule has 11 nitrogen and oxygen atoms in total. The average Bonchev–Trinajstić information content (AvgIpc) is 3.51. The summed E-state index contributed by atoms with van der Waals surface area (Å²) in [4.78, 5) is 31.9. The number of nitrogens with zero attached hydrogens (tertiary/aromatic N) is 6. The Labute approximate surface area is 236 Å². The van der Waals surface area contributed by atoms with Crippen molar-refractivity contribution in [2.45, 2.75) is 82.1 Å². The van der Waals surface area contributed by atoms with Gasteiger partial charge in [-0.3, -0.25) is 4.79 Å². The molecule has 4 heterocycles. The summed E-state index contributed by atoms with van der Waals surface area (Å²) < 4.78 is 73.7. The number of carbonyl (C=O) groups excluding carboxylic acids is 2. The second-order valence-electron chi connectivity index (χ2n) is 11.4. The maximum Gasteiger partial charge on any atom is 0.408 e. The molecule has 42 heavy (non-hydrogen) atoms. The zero-order valence-corrected chi connectivity index (χ0v) is 22.6. The minimum Gasteiger partial charge on any atom is -0.342 e. The van der Waals surface area contributed by atoms with Crippen molar-refractivity contribution in [3.63, 3.8) is 0 Å². The summed E-state index contributed by atoms with van der Waals surface area (Å²) in [5.41, 5.74) is 1.68. The smallest absolute Gasteiger partial charge is 0.342 e. The van der Waals surface area contributed by atoms with Crippen molar-refractivity contribution in [2.24, 2.45) is 11.8 Å². The molecule has 16 heteroatoms. The SMILES string of the molecule is Cc1nonc1C(=O)N[C@H](c1cn2ncc([C@@H](C3CC3)N3CC[C@@H](C(F)(F)F)NC3=O)cc2n1)C1CCC(F)(F)CC1. The van der Waals surface area contributed by atoms with Gasteiger partial charge in [0.15, 0.2) is 11.3 Å². The van der Waals surface area contributed by atoms with Crippen LogP contribution in [0.3, 0.4) is 0 Å². The molecule has 3 aromatic heterocycles. The molecule has 3 aromatic rings. The highest BCUT2D eigenvalue weighted by atomic mass is 19.4. The number of alkyl halides is 5. The highest BCUT2D eigenvalue weighted by Crippen LogP contribution is 2.46. The van der Waals surface area contributed by atoms with Gasteiger partial charge in [0.25, 0.3) is 5.91 Å². The molecule has 2 aliphatic carbocycles. The van der Waals surface area contributed by atoms with Gasteiger partial charge >= 0.3 is 12.2 Å². The van der Waals surface area contributed by atoms with Gasteiger partial charge in [0.1, 0.15) is 11.7 Å². The van der Waals surface area contributed by atoms with Crippen LogP contribution in [0.4, 0.5) is 26.7 Å². The number of hydrogen-bond acceptors (Lipinski definition) is 7. The molecule has 0 spiro atoms. The van der Waals surface area contributed by atoms with E-state index in [1.165, 1.54) is 9.42 Å². The van der Waals surface area contributed by atoms with E-state index in [2.05, 4.69) is 35.7 Å². The van der Waals surface area contributed by atoms with Gasteiger partial charge in [0.05, 0.1) is 30.2 Å². The average molecular weight is 597 g/mol. The molecular formula is C26H29F5N8O3. The second kappa shape index (κ2) is 10.5. The van der Waals surface area contributed by atoms with Gasteiger partial charge < -0.3 is 15.5 Å². The lowest BCUT2D eigenvalue weighted by Gasteiger charge is -2.38. The van der Waals surface area contributed by atoms with Gasteiger partial charge in [0.2, 0.25) is 5.92 Å². The summed E-state index contributed by atoms with van der Waals surface area (Å²) in [7, 11) is 0. The minimum absolute atomic E-state index is 0.0230. The number of nitrogens with one attached hydrogen (secondary N) is 2. The Morgan fingerprint density at radius 3 is 2.50 bits per heavy atom. The fourth-order valence-electron chi connectivity index (χ4n) is 6.00. The number of amides is 3. The Morgan fingerprint density at radius 1 is 1.14 bits per heavy atom. The molecule has 3 fully saturated rings. The van der Waals surface area contributed by atoms with E-state index in [9.17, 15) is 31.5 Å². The first-order chi connectivity index (χ1) is 19.9.